The van der Waals surface area contributed by atoms with E-state index in [0.717, 1.165) is 27.7 Å². The van der Waals surface area contributed by atoms with Crippen LogP contribution in [0.15, 0.2) is 12.2 Å². The molecule has 1 fully saturated rings. The van der Waals surface area contributed by atoms with Gasteiger partial charge in [-0.25, -0.2) is 0 Å². The highest BCUT2D eigenvalue weighted by atomic mass is 16.7. The van der Waals surface area contributed by atoms with Crippen LogP contribution in [0.1, 0.15) is 54.9 Å². The molecular formula is C25H37NO13. The van der Waals surface area contributed by atoms with E-state index in [1.165, 1.54) is 13.8 Å². The summed E-state index contributed by atoms with van der Waals surface area (Å²) < 4.78 is 38.2. The fraction of sp³-hybridized carbons (Fsp3) is 0.680. The Labute approximate surface area is 226 Å². The van der Waals surface area contributed by atoms with Crippen molar-refractivity contribution in [3.05, 3.63) is 12.2 Å². The summed E-state index contributed by atoms with van der Waals surface area (Å²) in [6.45, 7) is 8.02. The van der Waals surface area contributed by atoms with Crippen LogP contribution in [0.4, 0.5) is 0 Å². The molecule has 1 amide bonds. The van der Waals surface area contributed by atoms with Gasteiger partial charge in [-0.1, -0.05) is 13.0 Å². The monoisotopic (exact) mass is 559 g/mol. The Bertz CT molecular complexity index is 918. The molecule has 0 aromatic rings. The Kier molecular flexibility index (Phi) is 14.1. The molecule has 0 aliphatic carbocycles. The Morgan fingerprint density at radius 2 is 1.36 bits per heavy atom. The van der Waals surface area contributed by atoms with Gasteiger partial charge in [0.25, 0.3) is 0 Å². The first-order chi connectivity index (χ1) is 18.2. The van der Waals surface area contributed by atoms with Gasteiger partial charge in [0.1, 0.15) is 18.8 Å². The van der Waals surface area contributed by atoms with Crippen molar-refractivity contribution in [2.24, 2.45) is 0 Å². The molecule has 1 N–H and O–H groups in total. The van der Waals surface area contributed by atoms with Crippen molar-refractivity contribution in [3.63, 3.8) is 0 Å². The van der Waals surface area contributed by atoms with Gasteiger partial charge >= 0.3 is 29.8 Å². The standard InChI is InChI=1S/C25H37NO13/c1-8-9-10-20(35-15(4)29)19(26-13(2)27)11-34-25-24(38-18(7)32)23(37-17(6)31)22(36-16(5)30)21(39-25)12-33-14(3)28/h9-10,19-25H,8,11-12H2,1-7H3,(H,26,27)/b10-9+/t19-,20+,21?,22-,23-,24?,25+/m0/s1. The highest BCUT2D eigenvalue weighted by Crippen LogP contribution is 2.30. The topological polar surface area (TPSA) is 179 Å². The lowest BCUT2D eigenvalue weighted by Gasteiger charge is -2.44. The molecule has 7 atom stereocenters. The summed E-state index contributed by atoms with van der Waals surface area (Å²) in [7, 11) is 0. The van der Waals surface area contributed by atoms with Crippen molar-refractivity contribution in [1.29, 1.82) is 0 Å². The second kappa shape index (κ2) is 16.4. The smallest absolute Gasteiger partial charge is 0.303 e. The Morgan fingerprint density at radius 1 is 0.795 bits per heavy atom. The van der Waals surface area contributed by atoms with Crippen LogP contribution in [0.5, 0.6) is 0 Å². The van der Waals surface area contributed by atoms with Crippen LogP contribution >= 0.6 is 0 Å². The SMILES string of the molecule is CC/C=C/[C@@H](OC(C)=O)[C@H](CO[C@@H]1OC(COC(C)=O)[C@H](OC(C)=O)[C@H](OC(C)=O)C1OC(C)=O)NC(C)=O. The number of allylic oxidation sites excluding steroid dienone is 1. The molecule has 1 rings (SSSR count). The van der Waals surface area contributed by atoms with E-state index in [9.17, 15) is 28.8 Å². The summed E-state index contributed by atoms with van der Waals surface area (Å²) in [4.78, 5) is 70.9. The lowest BCUT2D eigenvalue weighted by molar-refractivity contribution is -0.309. The van der Waals surface area contributed by atoms with Crippen LogP contribution in [0.2, 0.25) is 0 Å². The minimum atomic E-state index is -1.46. The molecule has 1 saturated heterocycles. The van der Waals surface area contributed by atoms with Crippen molar-refractivity contribution < 1.29 is 61.9 Å². The van der Waals surface area contributed by atoms with Gasteiger partial charge in [-0.2, -0.15) is 0 Å². The molecule has 0 saturated carbocycles. The molecule has 0 bridgehead atoms. The number of carbonyl (C=O) groups is 6. The average Bonchev–Trinajstić information content (AvgIpc) is 2.80. The first-order valence-corrected chi connectivity index (χ1v) is 12.3. The number of nitrogens with one attached hydrogen (secondary N) is 1. The lowest BCUT2D eigenvalue weighted by Crippen LogP contribution is -2.63. The van der Waals surface area contributed by atoms with Gasteiger partial charge in [0, 0.05) is 41.5 Å². The second-order valence-corrected chi connectivity index (χ2v) is 8.62. The number of hydrogen-bond donors (Lipinski definition) is 1. The Hall–Kier alpha value is -3.52. The predicted octanol–water partition coefficient (Wildman–Crippen LogP) is 0.489. The molecule has 0 aromatic carbocycles. The van der Waals surface area contributed by atoms with E-state index in [2.05, 4.69) is 5.32 Å². The highest BCUT2D eigenvalue weighted by Gasteiger charge is 2.53. The number of carbonyl (C=O) groups excluding carboxylic acids is 6. The molecule has 1 heterocycles. The molecule has 0 spiro atoms. The first-order valence-electron chi connectivity index (χ1n) is 12.3. The second-order valence-electron chi connectivity index (χ2n) is 8.62. The van der Waals surface area contributed by atoms with Crippen LogP contribution < -0.4 is 5.32 Å². The molecule has 1 aliphatic heterocycles. The quantitative estimate of drug-likeness (QED) is 0.187. The van der Waals surface area contributed by atoms with E-state index in [-0.39, 0.29) is 6.61 Å². The number of ether oxygens (including phenoxy) is 7. The largest absolute Gasteiger partial charge is 0.463 e. The fourth-order valence-electron chi connectivity index (χ4n) is 3.72. The zero-order chi connectivity index (χ0) is 29.7. The molecule has 1 aliphatic rings. The number of rotatable bonds is 13. The summed E-state index contributed by atoms with van der Waals surface area (Å²) in [5, 5.41) is 2.64. The van der Waals surface area contributed by atoms with Gasteiger partial charge in [0.15, 0.2) is 24.6 Å². The van der Waals surface area contributed by atoms with Crippen LogP contribution in [-0.4, -0.2) is 91.8 Å². The number of esters is 5. The van der Waals surface area contributed by atoms with Crippen molar-refractivity contribution >= 4 is 35.8 Å². The predicted molar refractivity (Wildman–Crippen MR) is 130 cm³/mol. The molecule has 2 unspecified atom stereocenters. The van der Waals surface area contributed by atoms with E-state index in [1.807, 2.05) is 6.92 Å². The maximum absolute atomic E-state index is 12.0. The van der Waals surface area contributed by atoms with Gasteiger partial charge in [-0.3, -0.25) is 28.8 Å². The molecule has 14 heteroatoms. The molecule has 39 heavy (non-hydrogen) atoms. The van der Waals surface area contributed by atoms with Crippen molar-refractivity contribution in [2.45, 2.75) is 97.7 Å². The van der Waals surface area contributed by atoms with E-state index in [1.54, 1.807) is 12.2 Å². The Morgan fingerprint density at radius 3 is 1.85 bits per heavy atom. The Balaban J connectivity index is 3.43. The minimum Gasteiger partial charge on any atom is -0.463 e. The maximum Gasteiger partial charge on any atom is 0.303 e. The van der Waals surface area contributed by atoms with Crippen LogP contribution in [0, 0.1) is 0 Å². The van der Waals surface area contributed by atoms with Gasteiger partial charge in [-0.15, -0.1) is 0 Å². The van der Waals surface area contributed by atoms with E-state index < -0.39 is 85.2 Å². The normalized spacial score (nSPS) is 24.1. The average molecular weight is 560 g/mol. The zero-order valence-electron chi connectivity index (χ0n) is 23.1. The summed E-state index contributed by atoms with van der Waals surface area (Å²) in [5.74, 6) is -4.09. The molecule has 14 nitrogen and oxygen atoms in total. The molecule has 220 valence electrons. The summed E-state index contributed by atoms with van der Waals surface area (Å²) in [5.41, 5.74) is 0. The third kappa shape index (κ3) is 12.3. The van der Waals surface area contributed by atoms with Crippen LogP contribution in [0.25, 0.3) is 0 Å². The van der Waals surface area contributed by atoms with Crippen molar-refractivity contribution in [2.75, 3.05) is 13.2 Å². The third-order valence-corrected chi connectivity index (χ3v) is 5.04. The highest BCUT2D eigenvalue weighted by molar-refractivity contribution is 5.73. The fourth-order valence-corrected chi connectivity index (χ4v) is 3.72. The van der Waals surface area contributed by atoms with Gasteiger partial charge in [-0.05, 0) is 12.5 Å². The van der Waals surface area contributed by atoms with E-state index >= 15 is 0 Å². The molecule has 0 radical (unpaired) electrons. The van der Waals surface area contributed by atoms with Gasteiger partial charge < -0.3 is 38.5 Å². The first kappa shape index (κ1) is 33.5. The molecule has 0 aromatic heterocycles. The summed E-state index contributed by atoms with van der Waals surface area (Å²) >= 11 is 0. The molecular weight excluding hydrogens is 522 g/mol. The zero-order valence-corrected chi connectivity index (χ0v) is 23.1. The number of amides is 1. The maximum atomic E-state index is 12.0. The van der Waals surface area contributed by atoms with E-state index in [0.29, 0.717) is 6.42 Å². The van der Waals surface area contributed by atoms with Gasteiger partial charge in [0.2, 0.25) is 5.91 Å². The third-order valence-electron chi connectivity index (χ3n) is 5.04. The minimum absolute atomic E-state index is 0.334. The van der Waals surface area contributed by atoms with Gasteiger partial charge in [0.05, 0.1) is 12.6 Å². The number of hydrogen-bond acceptors (Lipinski definition) is 13. The van der Waals surface area contributed by atoms with E-state index in [4.69, 9.17) is 33.2 Å². The van der Waals surface area contributed by atoms with Crippen molar-refractivity contribution in [3.8, 4) is 0 Å². The lowest BCUT2D eigenvalue weighted by atomic mass is 9.98. The van der Waals surface area contributed by atoms with Crippen LogP contribution in [-0.2, 0) is 61.9 Å². The van der Waals surface area contributed by atoms with Crippen LogP contribution in [0.3, 0.4) is 0 Å². The van der Waals surface area contributed by atoms with Crippen molar-refractivity contribution in [1.82, 2.24) is 5.32 Å². The summed E-state index contributed by atoms with van der Waals surface area (Å²) in [6, 6.07) is -0.916. The summed E-state index contributed by atoms with van der Waals surface area (Å²) in [6.07, 6.45) is -3.88.